The molecule has 24 heavy (non-hydrogen) atoms. The summed E-state index contributed by atoms with van der Waals surface area (Å²) in [7, 11) is 0. The molecule has 1 aromatic carbocycles. The van der Waals surface area contributed by atoms with Gasteiger partial charge < -0.3 is 9.69 Å². The first-order valence-corrected chi connectivity index (χ1v) is 7.92. The summed E-state index contributed by atoms with van der Waals surface area (Å²) >= 11 is 5.62. The highest BCUT2D eigenvalue weighted by molar-refractivity contribution is 6.31. The predicted molar refractivity (Wildman–Crippen MR) is 86.9 cm³/mol. The van der Waals surface area contributed by atoms with E-state index in [1.807, 2.05) is 17.9 Å². The summed E-state index contributed by atoms with van der Waals surface area (Å²) in [5.41, 5.74) is 0.606. The normalized spacial score (nSPS) is 20.9. The molecule has 2 heterocycles. The smallest absolute Gasteiger partial charge is 0.171 e. The molecule has 0 N–H and O–H groups in total. The molecule has 2 atom stereocenters. The molecule has 2 aromatic rings. The second-order valence-corrected chi connectivity index (χ2v) is 6.40. The maximum Gasteiger partial charge on any atom is 0.171 e. The van der Waals surface area contributed by atoms with Crippen LogP contribution in [0.1, 0.15) is 18.9 Å². The van der Waals surface area contributed by atoms with Crippen LogP contribution in [0.25, 0.3) is 10.9 Å². The third-order valence-corrected chi connectivity index (χ3v) is 4.90. The number of fused-ring (bicyclic) bond motifs is 1. The van der Waals surface area contributed by atoms with Crippen LogP contribution >= 0.6 is 11.6 Å². The lowest BCUT2D eigenvalue weighted by molar-refractivity contribution is -0.112. The lowest BCUT2D eigenvalue weighted by Crippen LogP contribution is -2.40. The maximum atomic E-state index is 14.3. The number of aromatic nitrogens is 1. The summed E-state index contributed by atoms with van der Waals surface area (Å²) in [6.07, 6.45) is 2.83. The topological polar surface area (TPSA) is 57.0 Å². The molecule has 0 bridgehead atoms. The summed E-state index contributed by atoms with van der Waals surface area (Å²) in [6.45, 7) is 2.98. The molecule has 0 radical (unpaired) electrons. The zero-order chi connectivity index (χ0) is 17.4. The Morgan fingerprint density at radius 3 is 2.88 bits per heavy atom. The number of carbonyl (C=O) groups is 1. The number of piperidine rings is 1. The highest BCUT2D eigenvalue weighted by atomic mass is 35.5. The largest absolute Gasteiger partial charge is 0.370 e. The van der Waals surface area contributed by atoms with Gasteiger partial charge in [-0.2, -0.15) is 5.26 Å². The van der Waals surface area contributed by atoms with Gasteiger partial charge >= 0.3 is 0 Å². The van der Waals surface area contributed by atoms with Gasteiger partial charge in [-0.15, -0.1) is 0 Å². The van der Waals surface area contributed by atoms with Crippen LogP contribution in [0.15, 0.2) is 12.3 Å². The fourth-order valence-corrected chi connectivity index (χ4v) is 3.36. The molecular formula is C17H14ClF2N3O. The monoisotopic (exact) mass is 349 g/mol. The molecule has 2 unspecified atom stereocenters. The third kappa shape index (κ3) is 2.59. The molecule has 1 saturated heterocycles. The van der Waals surface area contributed by atoms with Gasteiger partial charge in [-0.05, 0) is 18.4 Å². The molecule has 7 heteroatoms. The highest BCUT2D eigenvalue weighted by Crippen LogP contribution is 2.37. The molecule has 1 aromatic heterocycles. The third-order valence-electron chi connectivity index (χ3n) is 4.55. The average molecular weight is 350 g/mol. The first kappa shape index (κ1) is 16.6. The van der Waals surface area contributed by atoms with E-state index >= 15 is 0 Å². The van der Waals surface area contributed by atoms with Gasteiger partial charge in [-0.1, -0.05) is 18.5 Å². The molecule has 0 amide bonds. The molecule has 1 fully saturated rings. The summed E-state index contributed by atoms with van der Waals surface area (Å²) in [4.78, 5) is 16.9. The SMILES string of the molecule is CC1CN(c2c(C#N)cnc3c(F)c(Cl)c(F)cc23)CCC1C=O. The van der Waals surface area contributed by atoms with Crippen LogP contribution in [-0.2, 0) is 4.79 Å². The van der Waals surface area contributed by atoms with E-state index < -0.39 is 16.7 Å². The summed E-state index contributed by atoms with van der Waals surface area (Å²) < 4.78 is 28.2. The van der Waals surface area contributed by atoms with Crippen molar-refractivity contribution in [3.8, 4) is 6.07 Å². The second kappa shape index (κ2) is 6.33. The Morgan fingerprint density at radius 1 is 1.50 bits per heavy atom. The number of aldehydes is 1. The van der Waals surface area contributed by atoms with E-state index in [2.05, 4.69) is 4.98 Å². The predicted octanol–water partition coefficient (Wildman–Crippen LogP) is 3.70. The number of hydrogen-bond donors (Lipinski definition) is 0. The fraction of sp³-hybridized carbons (Fsp3) is 0.353. The van der Waals surface area contributed by atoms with Crippen molar-refractivity contribution in [2.24, 2.45) is 11.8 Å². The molecule has 3 rings (SSSR count). The van der Waals surface area contributed by atoms with E-state index in [0.717, 1.165) is 12.4 Å². The van der Waals surface area contributed by atoms with Gasteiger partial charge in [0.15, 0.2) is 5.82 Å². The number of carbonyl (C=O) groups excluding carboxylic acids is 1. The van der Waals surface area contributed by atoms with Crippen LogP contribution in [0.5, 0.6) is 0 Å². The Balaban J connectivity index is 2.19. The number of benzene rings is 1. The van der Waals surface area contributed by atoms with Crippen molar-refractivity contribution in [1.82, 2.24) is 4.98 Å². The van der Waals surface area contributed by atoms with E-state index in [0.29, 0.717) is 25.2 Å². The Labute approximate surface area is 142 Å². The summed E-state index contributed by atoms with van der Waals surface area (Å²) in [5.74, 6) is -1.81. The van der Waals surface area contributed by atoms with Crippen molar-refractivity contribution in [2.75, 3.05) is 18.0 Å². The Hall–Kier alpha value is -2.26. The zero-order valence-electron chi connectivity index (χ0n) is 12.9. The van der Waals surface area contributed by atoms with Crippen molar-refractivity contribution in [3.05, 3.63) is 34.5 Å². The van der Waals surface area contributed by atoms with Crippen LogP contribution in [0, 0.1) is 34.8 Å². The number of nitrogens with zero attached hydrogens (tertiary/aromatic N) is 3. The molecule has 4 nitrogen and oxygen atoms in total. The van der Waals surface area contributed by atoms with Gasteiger partial charge in [-0.25, -0.2) is 8.78 Å². The van der Waals surface area contributed by atoms with Crippen LogP contribution in [-0.4, -0.2) is 24.4 Å². The zero-order valence-corrected chi connectivity index (χ0v) is 13.6. The molecular weight excluding hydrogens is 336 g/mol. The lowest BCUT2D eigenvalue weighted by atomic mass is 9.87. The quantitative estimate of drug-likeness (QED) is 0.612. The summed E-state index contributed by atoms with van der Waals surface area (Å²) in [6, 6.07) is 3.14. The van der Waals surface area contributed by atoms with Gasteiger partial charge in [0.05, 0.1) is 11.3 Å². The van der Waals surface area contributed by atoms with Gasteiger partial charge in [0.25, 0.3) is 0 Å². The van der Waals surface area contributed by atoms with E-state index in [4.69, 9.17) is 11.6 Å². The van der Waals surface area contributed by atoms with Crippen LogP contribution in [0.4, 0.5) is 14.5 Å². The lowest BCUT2D eigenvalue weighted by Gasteiger charge is -2.37. The maximum absolute atomic E-state index is 14.3. The molecule has 0 spiro atoms. The van der Waals surface area contributed by atoms with Crippen molar-refractivity contribution in [2.45, 2.75) is 13.3 Å². The minimum atomic E-state index is -0.937. The Kier molecular flexibility index (Phi) is 4.37. The minimum Gasteiger partial charge on any atom is -0.370 e. The second-order valence-electron chi connectivity index (χ2n) is 6.03. The van der Waals surface area contributed by atoms with Gasteiger partial charge in [0.2, 0.25) is 0 Å². The minimum absolute atomic E-state index is 0.0530. The molecule has 0 saturated carbocycles. The standard InChI is InChI=1S/C17H14ClF2N3O/c1-9-7-23(3-2-10(9)8-24)17-11(5-21)6-22-16-12(17)4-13(19)14(18)15(16)20/h4,6,8-10H,2-3,7H2,1H3. The number of hydrogen-bond acceptors (Lipinski definition) is 4. The van der Waals surface area contributed by atoms with E-state index in [1.165, 1.54) is 6.20 Å². The van der Waals surface area contributed by atoms with Crippen LogP contribution < -0.4 is 4.90 Å². The van der Waals surface area contributed by atoms with Gasteiger partial charge in [0, 0.05) is 30.6 Å². The molecule has 1 aliphatic rings. The first-order chi connectivity index (χ1) is 11.5. The van der Waals surface area contributed by atoms with E-state index in [-0.39, 0.29) is 28.3 Å². The van der Waals surface area contributed by atoms with Crippen molar-refractivity contribution >= 4 is 34.5 Å². The molecule has 124 valence electrons. The first-order valence-electron chi connectivity index (χ1n) is 7.54. The molecule has 1 aliphatic heterocycles. The van der Waals surface area contributed by atoms with Crippen molar-refractivity contribution < 1.29 is 13.6 Å². The van der Waals surface area contributed by atoms with Crippen molar-refractivity contribution in [1.29, 1.82) is 5.26 Å². The van der Waals surface area contributed by atoms with Gasteiger partial charge in [0.1, 0.15) is 28.7 Å². The highest BCUT2D eigenvalue weighted by Gasteiger charge is 2.29. The van der Waals surface area contributed by atoms with E-state index in [1.54, 1.807) is 0 Å². The fourth-order valence-electron chi connectivity index (χ4n) is 3.22. The average Bonchev–Trinajstić information content (AvgIpc) is 2.58. The summed E-state index contributed by atoms with van der Waals surface area (Å²) in [5, 5.41) is 8.98. The van der Waals surface area contributed by atoms with Crippen LogP contribution in [0.3, 0.4) is 0 Å². The van der Waals surface area contributed by atoms with E-state index in [9.17, 15) is 18.8 Å². The van der Waals surface area contributed by atoms with Gasteiger partial charge in [-0.3, -0.25) is 4.98 Å². The Morgan fingerprint density at radius 2 is 2.25 bits per heavy atom. The van der Waals surface area contributed by atoms with Crippen molar-refractivity contribution in [3.63, 3.8) is 0 Å². The number of halogens is 3. The number of anilines is 1. The number of rotatable bonds is 2. The molecule has 0 aliphatic carbocycles. The number of pyridine rings is 1. The Bertz CT molecular complexity index is 865. The van der Waals surface area contributed by atoms with Crippen LogP contribution in [0.2, 0.25) is 5.02 Å². The number of nitriles is 1.